The normalized spacial score (nSPS) is 25.2. The van der Waals surface area contributed by atoms with Crippen LogP contribution >= 0.6 is 0 Å². The molecule has 0 aromatic rings. The van der Waals surface area contributed by atoms with Crippen molar-refractivity contribution in [1.82, 2.24) is 20.4 Å². The van der Waals surface area contributed by atoms with Crippen LogP contribution in [0.25, 0.3) is 0 Å². The molecule has 7 heteroatoms. The van der Waals surface area contributed by atoms with E-state index in [1.807, 2.05) is 4.90 Å². The van der Waals surface area contributed by atoms with Crippen molar-refractivity contribution in [3.63, 3.8) is 0 Å². The average molecular weight is 324 g/mol. The lowest BCUT2D eigenvalue weighted by Gasteiger charge is -2.42. The highest BCUT2D eigenvalue weighted by Crippen LogP contribution is 2.25. The lowest BCUT2D eigenvalue weighted by molar-refractivity contribution is -0.160. The predicted molar refractivity (Wildman–Crippen MR) is 86.0 cm³/mol. The molecule has 2 saturated heterocycles. The summed E-state index contributed by atoms with van der Waals surface area (Å²) in [5.74, 6) is 0.225. The maximum Gasteiger partial charge on any atom is 0.254 e. The average Bonchev–Trinajstić information content (AvgIpc) is 3.39. The first-order valence-electron chi connectivity index (χ1n) is 8.70. The number of hydrogen-bond acceptors (Lipinski definition) is 5. The number of amides is 2. The Morgan fingerprint density at radius 2 is 1.83 bits per heavy atom. The fourth-order valence-corrected chi connectivity index (χ4v) is 3.44. The number of rotatable bonds is 5. The Morgan fingerprint density at radius 1 is 1.17 bits per heavy atom. The number of carbonyl (C=O) groups is 2. The lowest BCUT2D eigenvalue weighted by atomic mass is 9.90. The van der Waals surface area contributed by atoms with Crippen molar-refractivity contribution in [3.05, 3.63) is 0 Å². The van der Waals surface area contributed by atoms with Crippen LogP contribution in [0.15, 0.2) is 0 Å². The number of ether oxygens (including phenoxy) is 1. The number of nitrogens with zero attached hydrogens (tertiary/aromatic N) is 2. The molecule has 0 atom stereocenters. The van der Waals surface area contributed by atoms with Gasteiger partial charge in [-0.2, -0.15) is 0 Å². The van der Waals surface area contributed by atoms with Crippen LogP contribution in [0.3, 0.4) is 0 Å². The van der Waals surface area contributed by atoms with Gasteiger partial charge in [0.1, 0.15) is 5.60 Å². The number of nitrogens with one attached hydrogen (secondary N) is 2. The van der Waals surface area contributed by atoms with Crippen LogP contribution in [0, 0.1) is 0 Å². The fraction of sp³-hybridized carbons (Fsp3) is 0.875. The molecular formula is C16H28N4O3. The summed E-state index contributed by atoms with van der Waals surface area (Å²) in [6.45, 7) is 4.94. The van der Waals surface area contributed by atoms with Crippen LogP contribution in [-0.2, 0) is 14.3 Å². The van der Waals surface area contributed by atoms with Crippen LogP contribution in [0.4, 0.5) is 0 Å². The monoisotopic (exact) mass is 324 g/mol. The third-order valence-electron chi connectivity index (χ3n) is 5.16. The van der Waals surface area contributed by atoms with Crippen LogP contribution in [0.2, 0.25) is 0 Å². The SMILES string of the molecule is COC1(C(=O)N2CCN(CC(=O)NC3CC3)CC2)CCNCC1. The molecule has 130 valence electrons. The fourth-order valence-electron chi connectivity index (χ4n) is 3.44. The van der Waals surface area contributed by atoms with E-state index in [-0.39, 0.29) is 11.8 Å². The molecule has 23 heavy (non-hydrogen) atoms. The van der Waals surface area contributed by atoms with Crippen molar-refractivity contribution in [3.8, 4) is 0 Å². The van der Waals surface area contributed by atoms with E-state index in [1.165, 1.54) is 0 Å². The quantitative estimate of drug-likeness (QED) is 0.691. The first-order valence-corrected chi connectivity index (χ1v) is 8.70. The standard InChI is InChI=1S/C16H28N4O3/c1-23-16(4-6-17-7-5-16)15(22)20-10-8-19(9-11-20)12-14(21)18-13-2-3-13/h13,17H,2-12H2,1H3,(H,18,21). The molecule has 2 N–H and O–H groups in total. The highest BCUT2D eigenvalue weighted by Gasteiger charge is 2.43. The summed E-state index contributed by atoms with van der Waals surface area (Å²) >= 11 is 0. The van der Waals surface area contributed by atoms with Gasteiger partial charge < -0.3 is 20.3 Å². The summed E-state index contributed by atoms with van der Waals surface area (Å²) in [5, 5.41) is 6.29. The molecule has 2 amide bonds. The molecule has 1 aliphatic carbocycles. The van der Waals surface area contributed by atoms with Crippen molar-refractivity contribution >= 4 is 11.8 Å². The molecular weight excluding hydrogens is 296 g/mol. The Bertz CT molecular complexity index is 439. The zero-order valence-electron chi connectivity index (χ0n) is 14.0. The van der Waals surface area contributed by atoms with E-state index in [2.05, 4.69) is 15.5 Å². The van der Waals surface area contributed by atoms with E-state index >= 15 is 0 Å². The van der Waals surface area contributed by atoms with Gasteiger partial charge in [0.15, 0.2) is 0 Å². The summed E-state index contributed by atoms with van der Waals surface area (Å²) in [6, 6.07) is 0.409. The second-order valence-corrected chi connectivity index (χ2v) is 6.86. The zero-order valence-corrected chi connectivity index (χ0v) is 14.0. The maximum atomic E-state index is 12.9. The molecule has 7 nitrogen and oxygen atoms in total. The summed E-state index contributed by atoms with van der Waals surface area (Å²) < 4.78 is 5.63. The van der Waals surface area contributed by atoms with Crippen LogP contribution < -0.4 is 10.6 Å². The minimum atomic E-state index is -0.656. The molecule has 0 bridgehead atoms. The second-order valence-electron chi connectivity index (χ2n) is 6.86. The van der Waals surface area contributed by atoms with E-state index < -0.39 is 5.60 Å². The van der Waals surface area contributed by atoms with Crippen molar-refractivity contribution in [2.45, 2.75) is 37.3 Å². The Labute approximate surface area is 137 Å². The Hall–Kier alpha value is -1.18. The van der Waals surface area contributed by atoms with Gasteiger partial charge in [0.05, 0.1) is 6.54 Å². The zero-order chi connectivity index (χ0) is 16.3. The predicted octanol–water partition coefficient (Wildman–Crippen LogP) is -0.822. The molecule has 0 radical (unpaired) electrons. The Kier molecular flexibility index (Phi) is 5.18. The molecule has 3 rings (SSSR count). The molecule has 0 aromatic heterocycles. The minimum Gasteiger partial charge on any atom is -0.368 e. The van der Waals surface area contributed by atoms with Crippen LogP contribution in [0.5, 0.6) is 0 Å². The Morgan fingerprint density at radius 3 is 2.39 bits per heavy atom. The van der Waals surface area contributed by atoms with Gasteiger partial charge in [0.2, 0.25) is 5.91 Å². The third kappa shape index (κ3) is 4.02. The molecule has 0 unspecified atom stereocenters. The van der Waals surface area contributed by atoms with Gasteiger partial charge in [-0.1, -0.05) is 0 Å². The van der Waals surface area contributed by atoms with Crippen molar-refractivity contribution in [2.75, 3.05) is 52.9 Å². The largest absolute Gasteiger partial charge is 0.368 e. The van der Waals surface area contributed by atoms with Gasteiger partial charge in [0.25, 0.3) is 5.91 Å². The van der Waals surface area contributed by atoms with Gasteiger partial charge in [-0.05, 0) is 38.8 Å². The van der Waals surface area contributed by atoms with Gasteiger partial charge in [-0.15, -0.1) is 0 Å². The topological polar surface area (TPSA) is 73.9 Å². The molecule has 2 heterocycles. The van der Waals surface area contributed by atoms with E-state index in [0.717, 1.165) is 51.9 Å². The summed E-state index contributed by atoms with van der Waals surface area (Å²) in [4.78, 5) is 28.8. The summed E-state index contributed by atoms with van der Waals surface area (Å²) in [7, 11) is 1.64. The smallest absolute Gasteiger partial charge is 0.254 e. The molecule has 2 aliphatic heterocycles. The van der Waals surface area contributed by atoms with Gasteiger partial charge in [-0.3, -0.25) is 14.5 Å². The van der Waals surface area contributed by atoms with E-state index in [1.54, 1.807) is 7.11 Å². The first-order chi connectivity index (χ1) is 11.1. The number of carbonyl (C=O) groups excluding carboxylic acids is 2. The lowest BCUT2D eigenvalue weighted by Crippen LogP contribution is -2.59. The third-order valence-corrected chi connectivity index (χ3v) is 5.16. The molecule has 3 aliphatic rings. The van der Waals surface area contributed by atoms with Crippen molar-refractivity contribution in [2.24, 2.45) is 0 Å². The van der Waals surface area contributed by atoms with Crippen molar-refractivity contribution < 1.29 is 14.3 Å². The van der Waals surface area contributed by atoms with E-state index in [0.29, 0.717) is 25.7 Å². The van der Waals surface area contributed by atoms with Crippen LogP contribution in [-0.4, -0.2) is 86.2 Å². The number of methoxy groups -OCH3 is 1. The van der Waals surface area contributed by atoms with Gasteiger partial charge >= 0.3 is 0 Å². The molecule has 0 spiro atoms. The second kappa shape index (κ2) is 7.15. The highest BCUT2D eigenvalue weighted by atomic mass is 16.5. The number of hydrogen-bond donors (Lipinski definition) is 2. The number of piperidine rings is 1. The van der Waals surface area contributed by atoms with Crippen LogP contribution in [0.1, 0.15) is 25.7 Å². The van der Waals surface area contributed by atoms with E-state index in [4.69, 9.17) is 4.74 Å². The minimum absolute atomic E-state index is 0.110. The molecule has 0 aromatic carbocycles. The summed E-state index contributed by atoms with van der Waals surface area (Å²) in [6.07, 6.45) is 3.68. The summed E-state index contributed by atoms with van der Waals surface area (Å²) in [5.41, 5.74) is -0.656. The van der Waals surface area contributed by atoms with Gasteiger partial charge in [-0.25, -0.2) is 0 Å². The van der Waals surface area contributed by atoms with E-state index in [9.17, 15) is 9.59 Å². The first kappa shape index (κ1) is 16.7. The molecule has 1 saturated carbocycles. The van der Waals surface area contributed by atoms with Gasteiger partial charge in [0, 0.05) is 39.3 Å². The van der Waals surface area contributed by atoms with Crippen molar-refractivity contribution in [1.29, 1.82) is 0 Å². The maximum absolute atomic E-state index is 12.9. The molecule has 3 fully saturated rings. The number of piperazine rings is 1. The Balaban J connectivity index is 1.47. The highest BCUT2D eigenvalue weighted by molar-refractivity contribution is 5.85.